The Balaban J connectivity index is 2.77. The Bertz CT molecular complexity index is 683. The van der Waals surface area contributed by atoms with Crippen molar-refractivity contribution in [3.05, 3.63) is 35.3 Å². The van der Waals surface area contributed by atoms with E-state index >= 15 is 0 Å². The number of carboxylic acids is 1. The molecule has 1 heterocycles. The number of nitrogens with zero attached hydrogens (tertiary/aromatic N) is 3. The van der Waals surface area contributed by atoms with Gasteiger partial charge in [0.05, 0.1) is 0 Å². The molecule has 0 radical (unpaired) electrons. The molecule has 0 amide bonds. The maximum atomic E-state index is 13.8. The molecule has 0 fully saturated rings. The van der Waals surface area contributed by atoms with Crippen LogP contribution in [0.2, 0.25) is 0 Å². The molecule has 0 saturated carbocycles. The Morgan fingerprint density at radius 3 is 2.45 bits per heavy atom. The number of carboxylic acid groups (broad SMARTS) is 1. The molecule has 2 rings (SSSR count). The van der Waals surface area contributed by atoms with E-state index in [-0.39, 0.29) is 11.7 Å². The normalized spacial score (nSPS) is 11.1. The zero-order valence-electron chi connectivity index (χ0n) is 10.6. The molecule has 1 N–H and O–H groups in total. The van der Waals surface area contributed by atoms with Gasteiger partial charge in [0.2, 0.25) is 0 Å². The Morgan fingerprint density at radius 1 is 1.25 bits per heavy atom. The largest absolute Gasteiger partial charge is 0.476 e. The monoisotopic (exact) mass is 285 g/mol. The maximum absolute atomic E-state index is 13.8. The molecule has 2 aromatic rings. The molecular weight excluding hydrogens is 275 g/mol. The molecule has 1 aromatic heterocycles. The second-order valence-corrected chi connectivity index (χ2v) is 4.35. The van der Waals surface area contributed by atoms with Crippen LogP contribution in [0.1, 0.15) is 30.4 Å². The summed E-state index contributed by atoms with van der Waals surface area (Å²) in [6.07, 6.45) is 0. The molecule has 0 bridgehead atoms. The second-order valence-electron chi connectivity index (χ2n) is 4.35. The molecule has 5 nitrogen and oxygen atoms in total. The minimum atomic E-state index is -1.67. The van der Waals surface area contributed by atoms with Gasteiger partial charge >= 0.3 is 5.97 Å². The molecule has 106 valence electrons. The van der Waals surface area contributed by atoms with E-state index in [1.165, 1.54) is 0 Å². The van der Waals surface area contributed by atoms with Crippen molar-refractivity contribution in [2.45, 2.75) is 19.9 Å². The second kappa shape index (κ2) is 4.95. The summed E-state index contributed by atoms with van der Waals surface area (Å²) in [5.41, 5.74) is -1.13. The summed E-state index contributed by atoms with van der Waals surface area (Å²) in [4.78, 5) is 11.1. The van der Waals surface area contributed by atoms with Gasteiger partial charge in [-0.05, 0) is 26.0 Å². The van der Waals surface area contributed by atoms with Gasteiger partial charge in [0.25, 0.3) is 0 Å². The first-order chi connectivity index (χ1) is 9.34. The highest BCUT2D eigenvalue weighted by Crippen LogP contribution is 2.29. The number of aromatic nitrogens is 3. The number of hydrogen-bond donors (Lipinski definition) is 1. The number of rotatable bonds is 3. The SMILES string of the molecule is CC(C)n1nnc(C(=O)O)c1-c1ccc(F)c(F)c1F. The molecule has 1 aromatic carbocycles. The fourth-order valence-corrected chi connectivity index (χ4v) is 1.76. The van der Waals surface area contributed by atoms with Gasteiger partial charge in [-0.3, -0.25) is 0 Å². The van der Waals surface area contributed by atoms with Gasteiger partial charge in [-0.15, -0.1) is 5.10 Å². The van der Waals surface area contributed by atoms with Gasteiger partial charge in [-0.2, -0.15) is 0 Å². The van der Waals surface area contributed by atoms with Crippen molar-refractivity contribution < 1.29 is 23.1 Å². The quantitative estimate of drug-likeness (QED) is 0.880. The van der Waals surface area contributed by atoms with Crippen LogP contribution in [-0.2, 0) is 0 Å². The van der Waals surface area contributed by atoms with Crippen molar-refractivity contribution in [3.63, 3.8) is 0 Å². The fraction of sp³-hybridized carbons (Fsp3) is 0.250. The highest BCUT2D eigenvalue weighted by Gasteiger charge is 2.26. The minimum Gasteiger partial charge on any atom is -0.476 e. The third kappa shape index (κ3) is 2.13. The van der Waals surface area contributed by atoms with Crippen molar-refractivity contribution in [1.82, 2.24) is 15.0 Å². The van der Waals surface area contributed by atoms with E-state index in [2.05, 4.69) is 10.3 Å². The van der Waals surface area contributed by atoms with E-state index in [9.17, 15) is 18.0 Å². The standard InChI is InChI=1S/C12H10F3N3O2/c1-5(2)18-11(10(12(19)20)16-17-18)6-3-4-7(13)9(15)8(6)14/h3-5H,1-2H3,(H,19,20). The number of halogens is 3. The van der Waals surface area contributed by atoms with Crippen LogP contribution in [-0.4, -0.2) is 26.1 Å². The third-order valence-electron chi connectivity index (χ3n) is 2.68. The Labute approximate surface area is 111 Å². The van der Waals surface area contributed by atoms with Crippen molar-refractivity contribution in [3.8, 4) is 11.3 Å². The summed E-state index contributed by atoms with van der Waals surface area (Å²) in [7, 11) is 0. The molecule has 20 heavy (non-hydrogen) atoms. The molecule has 0 aliphatic heterocycles. The van der Waals surface area contributed by atoms with Crippen LogP contribution in [0.5, 0.6) is 0 Å². The fourth-order valence-electron chi connectivity index (χ4n) is 1.76. The molecule has 0 saturated heterocycles. The van der Waals surface area contributed by atoms with E-state index in [1.807, 2.05) is 0 Å². The van der Waals surface area contributed by atoms with Gasteiger partial charge < -0.3 is 5.11 Å². The van der Waals surface area contributed by atoms with Gasteiger partial charge in [0.15, 0.2) is 23.1 Å². The van der Waals surface area contributed by atoms with Crippen molar-refractivity contribution in [2.24, 2.45) is 0 Å². The van der Waals surface area contributed by atoms with E-state index < -0.39 is 34.7 Å². The lowest BCUT2D eigenvalue weighted by molar-refractivity contribution is 0.0691. The van der Waals surface area contributed by atoms with Gasteiger partial charge in [-0.1, -0.05) is 5.21 Å². The Hall–Kier alpha value is -2.38. The Morgan fingerprint density at radius 2 is 1.90 bits per heavy atom. The van der Waals surface area contributed by atoms with Crippen LogP contribution in [0.4, 0.5) is 13.2 Å². The highest BCUT2D eigenvalue weighted by atomic mass is 19.2. The number of benzene rings is 1. The van der Waals surface area contributed by atoms with Gasteiger partial charge in [0.1, 0.15) is 5.69 Å². The smallest absolute Gasteiger partial charge is 0.358 e. The van der Waals surface area contributed by atoms with Crippen LogP contribution in [0.3, 0.4) is 0 Å². The first-order valence-electron chi connectivity index (χ1n) is 5.67. The lowest BCUT2D eigenvalue weighted by Gasteiger charge is -2.11. The molecule has 0 atom stereocenters. The zero-order chi connectivity index (χ0) is 15.0. The maximum Gasteiger partial charge on any atom is 0.358 e. The first kappa shape index (κ1) is 14.0. The summed E-state index contributed by atoms with van der Waals surface area (Å²) >= 11 is 0. The molecule has 0 unspecified atom stereocenters. The first-order valence-corrected chi connectivity index (χ1v) is 5.67. The predicted octanol–water partition coefficient (Wildman–Crippen LogP) is 2.64. The van der Waals surface area contributed by atoms with Crippen molar-refractivity contribution in [2.75, 3.05) is 0 Å². The van der Waals surface area contributed by atoms with Crippen LogP contribution < -0.4 is 0 Å². The average Bonchev–Trinajstić information content (AvgIpc) is 2.81. The third-order valence-corrected chi connectivity index (χ3v) is 2.68. The van der Waals surface area contributed by atoms with Crippen LogP contribution in [0.25, 0.3) is 11.3 Å². The van der Waals surface area contributed by atoms with Crippen molar-refractivity contribution in [1.29, 1.82) is 0 Å². The van der Waals surface area contributed by atoms with Crippen molar-refractivity contribution >= 4 is 5.97 Å². The minimum absolute atomic E-state index is 0.205. The summed E-state index contributed by atoms with van der Waals surface area (Å²) in [5, 5.41) is 16.1. The summed E-state index contributed by atoms with van der Waals surface area (Å²) in [5.74, 6) is -5.94. The average molecular weight is 285 g/mol. The topological polar surface area (TPSA) is 68.0 Å². The zero-order valence-corrected chi connectivity index (χ0v) is 10.6. The molecule has 8 heteroatoms. The van der Waals surface area contributed by atoms with Crippen LogP contribution in [0, 0.1) is 17.5 Å². The van der Waals surface area contributed by atoms with E-state index in [4.69, 9.17) is 5.11 Å². The lowest BCUT2D eigenvalue weighted by Crippen LogP contribution is -2.09. The number of aromatic carboxylic acids is 1. The number of carbonyl (C=O) groups is 1. The number of hydrogen-bond acceptors (Lipinski definition) is 3. The van der Waals surface area contributed by atoms with E-state index in [0.717, 1.165) is 16.8 Å². The Kier molecular flexibility index (Phi) is 3.47. The van der Waals surface area contributed by atoms with Crippen LogP contribution >= 0.6 is 0 Å². The lowest BCUT2D eigenvalue weighted by atomic mass is 10.1. The predicted molar refractivity (Wildman–Crippen MR) is 62.7 cm³/mol. The molecule has 0 aliphatic carbocycles. The summed E-state index contributed by atoms with van der Waals surface area (Å²) in [6, 6.07) is 1.34. The molecular formula is C12H10F3N3O2. The van der Waals surface area contributed by atoms with Crippen LogP contribution in [0.15, 0.2) is 12.1 Å². The van der Waals surface area contributed by atoms with E-state index in [0.29, 0.717) is 0 Å². The van der Waals surface area contributed by atoms with Gasteiger partial charge in [0, 0.05) is 11.6 Å². The molecule has 0 spiro atoms. The summed E-state index contributed by atoms with van der Waals surface area (Å²) in [6.45, 7) is 3.34. The van der Waals surface area contributed by atoms with E-state index in [1.54, 1.807) is 13.8 Å². The summed E-state index contributed by atoms with van der Waals surface area (Å²) < 4.78 is 41.2. The molecule has 0 aliphatic rings. The highest BCUT2D eigenvalue weighted by molar-refractivity contribution is 5.92. The van der Waals surface area contributed by atoms with Gasteiger partial charge in [-0.25, -0.2) is 22.6 Å².